The number of rotatable bonds is 2. The van der Waals surface area contributed by atoms with Crippen molar-refractivity contribution < 1.29 is 40.3 Å². The summed E-state index contributed by atoms with van der Waals surface area (Å²) in [6, 6.07) is 0. The van der Waals surface area contributed by atoms with Crippen LogP contribution in [0.4, 0.5) is 0 Å². The number of carbonyl (C=O) groups excluding carboxylic acids is 4. The molecule has 0 aromatic rings. The van der Waals surface area contributed by atoms with Crippen LogP contribution in [0.5, 0.6) is 0 Å². The molecular weight excluding hydrogens is 291 g/mol. The fourth-order valence-corrected chi connectivity index (χ4v) is 0.818. The maximum atomic E-state index is 9.72. The molecule has 0 spiro atoms. The van der Waals surface area contributed by atoms with Gasteiger partial charge in [0.25, 0.3) is 20.4 Å². The number of carboxylic acid groups (broad SMARTS) is 1. The number of hydrogen-bond donors (Lipinski definition) is 0. The molecule has 1 rings (SSSR count). The Morgan fingerprint density at radius 2 is 1.74 bits per heavy atom. The van der Waals surface area contributed by atoms with Gasteiger partial charge in [-0.25, -0.2) is 0 Å². The second-order valence-corrected chi connectivity index (χ2v) is 3.25. The van der Waals surface area contributed by atoms with Crippen LogP contribution in [0, 0.1) is 0 Å². The van der Waals surface area contributed by atoms with E-state index in [0.29, 0.717) is 6.42 Å². The van der Waals surface area contributed by atoms with Crippen molar-refractivity contribution in [3.63, 3.8) is 0 Å². The molecule has 0 atom stereocenters. The zero-order chi connectivity index (χ0) is 16.3. The average Bonchev–Trinajstić information content (AvgIpc) is 2.96. The van der Waals surface area contributed by atoms with Gasteiger partial charge in [0, 0.05) is 0 Å². The van der Waals surface area contributed by atoms with E-state index >= 15 is 0 Å². The molecule has 1 aliphatic carbocycles. The van der Waals surface area contributed by atoms with Gasteiger partial charge in [-0.3, -0.25) is 14.4 Å². The summed E-state index contributed by atoms with van der Waals surface area (Å²) in [4.78, 5) is 32.2. The molecule has 0 aliphatic heterocycles. The fraction of sp³-hybridized carbons (Fsp3) is 0.231. The molecule has 0 amide bonds. The van der Waals surface area contributed by atoms with Crippen LogP contribution >= 0.6 is 0 Å². The Labute approximate surface area is 121 Å². The number of carboxylic acids is 1. The summed E-state index contributed by atoms with van der Waals surface area (Å²) in [6.07, 6.45) is 7.76. The third-order valence-corrected chi connectivity index (χ3v) is 1.88. The van der Waals surface area contributed by atoms with Crippen molar-refractivity contribution >= 4 is 26.3 Å². The Morgan fingerprint density at radius 1 is 1.32 bits per heavy atom. The molecule has 0 saturated heterocycles. The fourth-order valence-electron chi connectivity index (χ4n) is 0.565. The molecule has 0 fully saturated rings. The van der Waals surface area contributed by atoms with Gasteiger partial charge in [0.2, 0.25) is 0 Å². The van der Waals surface area contributed by atoms with E-state index < -0.39 is 5.97 Å². The third-order valence-electron chi connectivity index (χ3n) is 1.44. The van der Waals surface area contributed by atoms with Gasteiger partial charge in [-0.15, -0.1) is 0 Å². The molecule has 0 aromatic carbocycles. The van der Waals surface area contributed by atoms with Gasteiger partial charge in [-0.2, -0.15) is 0 Å². The number of allylic oxidation sites excluding steroid dienone is 4. The molecule has 6 radical (unpaired) electrons. The van der Waals surface area contributed by atoms with Crippen molar-refractivity contribution in [1.82, 2.24) is 0 Å². The zero-order valence-corrected chi connectivity index (χ0v) is 11.5. The normalized spacial score (nSPS) is 9.42. The van der Waals surface area contributed by atoms with Crippen LogP contribution in [-0.4, -0.2) is 26.3 Å². The van der Waals surface area contributed by atoms with Gasteiger partial charge in [0.15, 0.2) is 0 Å². The molecule has 0 bridgehead atoms. The first-order valence-corrected chi connectivity index (χ1v) is 5.18. The summed E-state index contributed by atoms with van der Waals surface area (Å²) in [5, 5.41) is 9.72. The molecule has 0 heterocycles. The molecule has 19 heavy (non-hydrogen) atoms. The quantitative estimate of drug-likeness (QED) is 0.524. The van der Waals surface area contributed by atoms with Gasteiger partial charge in [-0.05, 0) is 12.0 Å². The molecule has 0 N–H and O–H groups in total. The SMILES string of the molecule is C=C(CC)C(=O)[O-].[C]=O.[C]=O.[C]=O.[Mn+][C]1=CC=CC1. The van der Waals surface area contributed by atoms with Gasteiger partial charge in [0.1, 0.15) is 0 Å². The van der Waals surface area contributed by atoms with Gasteiger partial charge >= 0.3 is 45.1 Å². The average molecular weight is 303 g/mol. The molecule has 0 unspecified atom stereocenters. The van der Waals surface area contributed by atoms with E-state index in [1.807, 2.05) is 6.08 Å². The van der Waals surface area contributed by atoms with E-state index in [-0.39, 0.29) is 5.57 Å². The monoisotopic (exact) mass is 303 g/mol. The summed E-state index contributed by atoms with van der Waals surface area (Å²) >= 11 is 3.34. The zero-order valence-electron chi connectivity index (χ0n) is 10.3. The predicted octanol–water partition coefficient (Wildman–Crippen LogP) is -0.112. The van der Waals surface area contributed by atoms with Crippen molar-refractivity contribution in [2.75, 3.05) is 0 Å². The Bertz CT molecular complexity index is 293. The van der Waals surface area contributed by atoms with Gasteiger partial charge in [0.05, 0.1) is 5.97 Å². The van der Waals surface area contributed by atoms with Gasteiger partial charge < -0.3 is 9.90 Å². The second kappa shape index (κ2) is 25.2. The summed E-state index contributed by atoms with van der Waals surface area (Å²) in [7, 11) is 0. The maximum absolute atomic E-state index is 9.72. The Morgan fingerprint density at radius 3 is 1.79 bits per heavy atom. The first-order chi connectivity index (χ1) is 9.07. The van der Waals surface area contributed by atoms with Crippen molar-refractivity contribution in [2.45, 2.75) is 19.8 Å². The Kier molecular flexibility index (Phi) is 34.3. The second-order valence-electron chi connectivity index (χ2n) is 2.49. The Balaban J connectivity index is -0.0000000854. The molecule has 0 saturated carbocycles. The number of aliphatic carboxylic acids is 1. The minimum absolute atomic E-state index is 0.153. The van der Waals surface area contributed by atoms with Crippen LogP contribution in [0.15, 0.2) is 34.9 Å². The molecule has 101 valence electrons. The van der Waals surface area contributed by atoms with Crippen molar-refractivity contribution in [1.29, 1.82) is 0 Å². The van der Waals surface area contributed by atoms with Gasteiger partial charge in [-0.1, -0.05) is 13.5 Å². The van der Waals surface area contributed by atoms with Crippen LogP contribution in [0.1, 0.15) is 19.8 Å². The molecule has 0 aromatic heterocycles. The van der Waals surface area contributed by atoms with Crippen LogP contribution in [0.2, 0.25) is 0 Å². The number of hydrogen-bond acceptors (Lipinski definition) is 5. The summed E-state index contributed by atoms with van der Waals surface area (Å²) in [5.41, 5.74) is 0.153. The van der Waals surface area contributed by atoms with Crippen LogP contribution < -0.4 is 5.11 Å². The van der Waals surface area contributed by atoms with Crippen LogP contribution in [0.3, 0.4) is 0 Å². The van der Waals surface area contributed by atoms with Crippen molar-refractivity contribution in [2.24, 2.45) is 0 Å². The van der Waals surface area contributed by atoms with E-state index in [9.17, 15) is 9.90 Å². The van der Waals surface area contributed by atoms with Crippen molar-refractivity contribution in [3.05, 3.63) is 34.9 Å². The van der Waals surface area contributed by atoms with E-state index in [2.05, 4.69) is 55.1 Å². The summed E-state index contributed by atoms with van der Waals surface area (Å²) in [6.45, 7) is 18.4. The molecule has 1 aliphatic rings. The standard InChI is InChI=1S/C5H8O2.C5H5.3CO.Mn/c1-3-4(2)5(6)7;1-2-4-5-3-1;3*1-2;/h2-3H2,1H3,(H,6,7);1-3H,4H2;;;;/q;;;;;+1/p-1. The van der Waals surface area contributed by atoms with E-state index in [1.165, 1.54) is 4.47 Å². The minimum atomic E-state index is -1.15. The number of carbonyl (C=O) groups is 1. The van der Waals surface area contributed by atoms with E-state index in [0.717, 1.165) is 6.42 Å². The summed E-state index contributed by atoms with van der Waals surface area (Å²) < 4.78 is 1.28. The van der Waals surface area contributed by atoms with Crippen molar-refractivity contribution in [3.8, 4) is 0 Å². The predicted molar refractivity (Wildman–Crippen MR) is 63.4 cm³/mol. The summed E-state index contributed by atoms with van der Waals surface area (Å²) in [5.74, 6) is -1.15. The van der Waals surface area contributed by atoms with Crippen LogP contribution in [-0.2, 0) is 35.2 Å². The first kappa shape index (κ1) is 25.9. The van der Waals surface area contributed by atoms with E-state index in [1.54, 1.807) is 6.92 Å². The Hall–Kier alpha value is -1.78. The van der Waals surface area contributed by atoms with Crippen LogP contribution in [0.25, 0.3) is 0 Å². The third kappa shape index (κ3) is 26.1. The molecule has 5 nitrogen and oxygen atoms in total. The first-order valence-electron chi connectivity index (χ1n) is 4.59. The molecular formula is C13H12MnO5. The topological polar surface area (TPSA) is 91.3 Å². The molecule has 6 heteroatoms. The van der Waals surface area contributed by atoms with E-state index in [4.69, 9.17) is 14.4 Å².